The van der Waals surface area contributed by atoms with Crippen LogP contribution in [-0.2, 0) is 6.54 Å². The second-order valence-electron chi connectivity index (χ2n) is 6.45. The molecule has 0 spiro atoms. The molecule has 3 aromatic heterocycles. The normalized spacial score (nSPS) is 12.6. The van der Waals surface area contributed by atoms with E-state index in [2.05, 4.69) is 85.5 Å². The summed E-state index contributed by atoms with van der Waals surface area (Å²) in [7, 11) is 0. The molecule has 4 heterocycles. The first-order chi connectivity index (χ1) is 12.4. The van der Waals surface area contributed by atoms with Crippen molar-refractivity contribution in [3.05, 3.63) is 84.8 Å². The quantitative estimate of drug-likeness (QED) is 0.425. The minimum absolute atomic E-state index is 0.887. The zero-order valence-corrected chi connectivity index (χ0v) is 13.5. The fraction of sp³-hybridized carbons (Fsp3) is 0.0476. The monoisotopic (exact) mass is 323 g/mol. The Labute approximate surface area is 144 Å². The van der Waals surface area contributed by atoms with Crippen molar-refractivity contribution >= 4 is 16.7 Å². The molecule has 2 aromatic carbocycles. The summed E-state index contributed by atoms with van der Waals surface area (Å²) in [6, 6.07) is 21.2. The molecule has 0 radical (unpaired) electrons. The van der Waals surface area contributed by atoms with Crippen LogP contribution >= 0.6 is 0 Å². The molecule has 0 atom stereocenters. The van der Waals surface area contributed by atoms with Crippen molar-refractivity contribution in [3.63, 3.8) is 0 Å². The molecule has 1 aliphatic heterocycles. The van der Waals surface area contributed by atoms with Gasteiger partial charge in [-0.2, -0.15) is 4.57 Å². The predicted octanol–water partition coefficient (Wildman–Crippen LogP) is 3.59. The maximum Gasteiger partial charge on any atom is 0.295 e. The number of para-hydroxylation sites is 1. The Bertz CT molecular complexity index is 1260. The summed E-state index contributed by atoms with van der Waals surface area (Å²) in [5.41, 5.74) is 7.22. The third-order valence-electron chi connectivity index (χ3n) is 5.07. The van der Waals surface area contributed by atoms with Gasteiger partial charge in [-0.05, 0) is 24.3 Å². The Morgan fingerprint density at radius 2 is 1.76 bits per heavy atom. The van der Waals surface area contributed by atoms with Crippen molar-refractivity contribution in [2.45, 2.75) is 6.54 Å². The van der Waals surface area contributed by atoms with Crippen molar-refractivity contribution in [2.75, 3.05) is 0 Å². The molecule has 5 aromatic rings. The Morgan fingerprint density at radius 1 is 0.920 bits per heavy atom. The van der Waals surface area contributed by atoms with Crippen LogP contribution in [0.15, 0.2) is 79.3 Å². The topological polar surface area (TPSA) is 26.1 Å². The molecular weight excluding hydrogens is 308 g/mol. The van der Waals surface area contributed by atoms with E-state index < -0.39 is 0 Å². The summed E-state index contributed by atoms with van der Waals surface area (Å²) >= 11 is 0. The van der Waals surface area contributed by atoms with Crippen LogP contribution in [0.2, 0.25) is 0 Å². The molecule has 0 amide bonds. The molecule has 4 heteroatoms. The molecule has 0 unspecified atom stereocenters. The summed E-state index contributed by atoms with van der Waals surface area (Å²) in [4.78, 5) is 4.65. The third-order valence-corrected chi connectivity index (χ3v) is 5.07. The third kappa shape index (κ3) is 1.61. The van der Waals surface area contributed by atoms with Crippen LogP contribution in [-0.4, -0.2) is 14.0 Å². The minimum Gasteiger partial charge on any atom is -0.300 e. The zero-order chi connectivity index (χ0) is 16.4. The van der Waals surface area contributed by atoms with Gasteiger partial charge in [-0.25, -0.2) is 9.55 Å². The van der Waals surface area contributed by atoms with Gasteiger partial charge in [0, 0.05) is 18.0 Å². The van der Waals surface area contributed by atoms with E-state index in [9.17, 15) is 0 Å². The molecule has 0 fully saturated rings. The van der Waals surface area contributed by atoms with E-state index in [1.54, 1.807) is 0 Å². The summed E-state index contributed by atoms with van der Waals surface area (Å²) in [5.74, 6) is 1.24. The van der Waals surface area contributed by atoms with Gasteiger partial charge in [0.15, 0.2) is 5.65 Å². The first-order valence-corrected chi connectivity index (χ1v) is 8.45. The number of rotatable bonds is 1. The lowest BCUT2D eigenvalue weighted by Gasteiger charge is -2.01. The maximum atomic E-state index is 4.65. The number of nitrogens with zero attached hydrogens (tertiary/aromatic N) is 4. The van der Waals surface area contributed by atoms with Gasteiger partial charge in [-0.1, -0.05) is 36.4 Å². The van der Waals surface area contributed by atoms with E-state index in [0.29, 0.717) is 0 Å². The van der Waals surface area contributed by atoms with Gasteiger partial charge in [-0.3, -0.25) is 0 Å². The van der Waals surface area contributed by atoms with Gasteiger partial charge in [-0.15, -0.1) is 0 Å². The Kier molecular flexibility index (Phi) is 2.37. The van der Waals surface area contributed by atoms with E-state index in [4.69, 9.17) is 0 Å². The highest BCUT2D eigenvalue weighted by atomic mass is 15.2. The zero-order valence-electron chi connectivity index (χ0n) is 13.5. The molecule has 118 valence electrons. The van der Waals surface area contributed by atoms with Crippen molar-refractivity contribution < 1.29 is 4.57 Å². The van der Waals surface area contributed by atoms with Crippen molar-refractivity contribution in [1.29, 1.82) is 0 Å². The fourth-order valence-electron chi connectivity index (χ4n) is 4.05. The van der Waals surface area contributed by atoms with Gasteiger partial charge < -0.3 is 4.40 Å². The number of hydrogen-bond acceptors (Lipinski definition) is 1. The number of imidazole rings is 1. The second-order valence-corrected chi connectivity index (χ2v) is 6.45. The van der Waals surface area contributed by atoms with Crippen LogP contribution in [0.4, 0.5) is 0 Å². The lowest BCUT2D eigenvalue weighted by molar-refractivity contribution is -0.645. The molecule has 25 heavy (non-hydrogen) atoms. The van der Waals surface area contributed by atoms with Crippen LogP contribution in [0, 0.1) is 0 Å². The lowest BCUT2D eigenvalue weighted by atomic mass is 10.1. The summed E-state index contributed by atoms with van der Waals surface area (Å²) < 4.78 is 6.87. The van der Waals surface area contributed by atoms with Gasteiger partial charge in [0.1, 0.15) is 12.2 Å². The molecule has 0 saturated heterocycles. The largest absolute Gasteiger partial charge is 0.300 e. The average molecular weight is 323 g/mol. The average Bonchev–Trinajstić information content (AvgIpc) is 3.29. The molecule has 4 nitrogen and oxygen atoms in total. The smallest absolute Gasteiger partial charge is 0.295 e. The van der Waals surface area contributed by atoms with E-state index >= 15 is 0 Å². The highest BCUT2D eigenvalue weighted by molar-refractivity contribution is 5.91. The van der Waals surface area contributed by atoms with Crippen LogP contribution in [0.3, 0.4) is 0 Å². The van der Waals surface area contributed by atoms with Crippen molar-refractivity contribution in [3.8, 4) is 17.1 Å². The Hall–Kier alpha value is -3.40. The van der Waals surface area contributed by atoms with Crippen molar-refractivity contribution in [2.24, 2.45) is 0 Å². The number of hydrogen-bond donors (Lipinski definition) is 0. The minimum atomic E-state index is 0.887. The highest BCUT2D eigenvalue weighted by Gasteiger charge is 2.36. The predicted molar refractivity (Wildman–Crippen MR) is 96.8 cm³/mol. The molecule has 6 rings (SSSR count). The van der Waals surface area contributed by atoms with E-state index in [0.717, 1.165) is 12.2 Å². The first-order valence-electron chi connectivity index (χ1n) is 8.45. The number of benzene rings is 2. The Balaban J connectivity index is 1.83. The number of fused-ring (bicyclic) bond motifs is 7. The molecule has 0 aliphatic carbocycles. The van der Waals surface area contributed by atoms with E-state index in [-0.39, 0.29) is 0 Å². The molecule has 0 bridgehead atoms. The molecule has 1 aliphatic rings. The maximum absolute atomic E-state index is 4.65. The summed E-state index contributed by atoms with van der Waals surface area (Å²) in [6.45, 7) is 0.887. The summed E-state index contributed by atoms with van der Waals surface area (Å²) in [6.07, 6.45) is 6.11. The highest BCUT2D eigenvalue weighted by Crippen LogP contribution is 2.35. The van der Waals surface area contributed by atoms with Gasteiger partial charge >= 0.3 is 0 Å². The van der Waals surface area contributed by atoms with Crippen LogP contribution in [0.1, 0.15) is 5.56 Å². The molecule has 0 N–H and O–H groups in total. The van der Waals surface area contributed by atoms with E-state index in [1.807, 2.05) is 12.3 Å². The lowest BCUT2D eigenvalue weighted by Crippen LogP contribution is -2.31. The van der Waals surface area contributed by atoms with Crippen LogP contribution < -0.4 is 4.57 Å². The molecular formula is C21H15N4+. The standard InChI is InChI=1S/C21H15N4/c1-2-8-16(9-3-1)25-18-14-23-12-6-11-22-20(23)19(18)24-13-15-7-4-5-10-17(15)21(24)25/h1-12,14H,13H2/q+1. The van der Waals surface area contributed by atoms with Gasteiger partial charge in [0.2, 0.25) is 11.0 Å². The van der Waals surface area contributed by atoms with Gasteiger partial charge in [0.25, 0.3) is 5.82 Å². The molecule has 0 saturated carbocycles. The van der Waals surface area contributed by atoms with Crippen LogP contribution in [0.5, 0.6) is 0 Å². The fourth-order valence-corrected chi connectivity index (χ4v) is 4.05. The van der Waals surface area contributed by atoms with Gasteiger partial charge in [0.05, 0.1) is 11.8 Å². The SMILES string of the molecule is c1ccc(-n2c3[n+](c4c2cn2cccnc42)Cc2ccccc2-3)cc1. The summed E-state index contributed by atoms with van der Waals surface area (Å²) in [5, 5.41) is 0. The van der Waals surface area contributed by atoms with Crippen LogP contribution in [0.25, 0.3) is 33.8 Å². The first kappa shape index (κ1) is 13.0. The van der Waals surface area contributed by atoms with E-state index in [1.165, 1.54) is 33.7 Å². The van der Waals surface area contributed by atoms with Crippen molar-refractivity contribution in [1.82, 2.24) is 14.0 Å². The Morgan fingerprint density at radius 3 is 2.68 bits per heavy atom. The second kappa shape index (κ2) is 4.57. The number of aromatic nitrogens is 4.